The number of carbonyl (C=O) groups excluding carboxylic acids is 1. The van der Waals surface area contributed by atoms with Crippen LogP contribution in [0.1, 0.15) is 48.5 Å². The number of ether oxygens (including phenoxy) is 2. The van der Waals surface area contributed by atoms with Gasteiger partial charge in [-0.15, -0.1) is 0 Å². The van der Waals surface area contributed by atoms with E-state index < -0.39 is 40.9 Å². The fourth-order valence-electron chi connectivity index (χ4n) is 3.82. The summed E-state index contributed by atoms with van der Waals surface area (Å²) in [7, 11) is 0. The van der Waals surface area contributed by atoms with Crippen molar-refractivity contribution in [3.63, 3.8) is 0 Å². The van der Waals surface area contributed by atoms with Gasteiger partial charge in [-0.2, -0.15) is 0 Å². The summed E-state index contributed by atoms with van der Waals surface area (Å²) in [5.74, 6) is -0.490. The van der Waals surface area contributed by atoms with Crippen LogP contribution < -0.4 is 0 Å². The largest absolute Gasteiger partial charge is 0.465 e. The fourth-order valence-corrected chi connectivity index (χ4v) is 3.82. The molecule has 3 atom stereocenters. The maximum absolute atomic E-state index is 12.0. The van der Waals surface area contributed by atoms with E-state index in [1.807, 2.05) is 20.8 Å². The average Bonchev–Trinajstić information content (AvgIpc) is 2.51. The second-order valence-corrected chi connectivity index (χ2v) is 7.17. The summed E-state index contributed by atoms with van der Waals surface area (Å²) in [6.45, 7) is 15.9. The number of amides is 1. The molecule has 1 aliphatic rings. The number of hydrogen-bond acceptors (Lipinski definition) is 4. The SMILES string of the molecule is C=CC(OC(C)=O)[C@@]1(C(C)(C)C)[C@H](C)OC(C)(C)N1C(=O)O. The van der Waals surface area contributed by atoms with Crippen LogP contribution in [0, 0.1) is 5.41 Å². The standard InChI is InChI=1S/C16H27NO5/c1-9-12(21-11(3)18)16(14(4,5)6)10(2)22-15(7,8)17(16)13(19)20/h9-10,12H,1H2,2-8H3,(H,19,20)/t10-,12?,16+/m0/s1. The summed E-state index contributed by atoms with van der Waals surface area (Å²) in [6.07, 6.45) is -0.953. The number of hydrogen-bond donors (Lipinski definition) is 1. The Labute approximate surface area is 132 Å². The van der Waals surface area contributed by atoms with E-state index in [-0.39, 0.29) is 0 Å². The minimum atomic E-state index is -1.12. The molecule has 1 rings (SSSR count). The highest BCUT2D eigenvalue weighted by Gasteiger charge is 2.67. The van der Waals surface area contributed by atoms with Crippen LogP contribution in [-0.2, 0) is 14.3 Å². The first-order chi connectivity index (χ1) is 9.82. The Balaban J connectivity index is 3.65. The molecule has 22 heavy (non-hydrogen) atoms. The lowest BCUT2D eigenvalue weighted by molar-refractivity contribution is -0.157. The minimum Gasteiger partial charge on any atom is -0.465 e. The van der Waals surface area contributed by atoms with Crippen LogP contribution in [0.2, 0.25) is 0 Å². The smallest absolute Gasteiger partial charge is 0.410 e. The van der Waals surface area contributed by atoms with Gasteiger partial charge in [-0.1, -0.05) is 27.4 Å². The van der Waals surface area contributed by atoms with Crippen LogP contribution in [0.25, 0.3) is 0 Å². The van der Waals surface area contributed by atoms with E-state index >= 15 is 0 Å². The molecule has 1 saturated heterocycles. The maximum atomic E-state index is 12.0. The second kappa shape index (κ2) is 5.57. The van der Waals surface area contributed by atoms with Gasteiger partial charge in [0.1, 0.15) is 17.4 Å². The molecule has 1 fully saturated rings. The Morgan fingerprint density at radius 2 is 1.91 bits per heavy atom. The second-order valence-electron chi connectivity index (χ2n) is 7.17. The van der Waals surface area contributed by atoms with Crippen molar-refractivity contribution < 1.29 is 24.2 Å². The molecule has 0 spiro atoms. The van der Waals surface area contributed by atoms with Crippen molar-refractivity contribution in [1.82, 2.24) is 4.90 Å². The van der Waals surface area contributed by atoms with E-state index in [1.54, 1.807) is 20.8 Å². The zero-order valence-corrected chi connectivity index (χ0v) is 14.5. The zero-order valence-electron chi connectivity index (χ0n) is 14.5. The summed E-state index contributed by atoms with van der Waals surface area (Å²) in [5, 5.41) is 9.82. The van der Waals surface area contributed by atoms with Gasteiger partial charge in [0.25, 0.3) is 0 Å². The number of carbonyl (C=O) groups is 2. The lowest BCUT2D eigenvalue weighted by Crippen LogP contribution is -2.69. The predicted octanol–water partition coefficient (Wildman–Crippen LogP) is 3.02. The first-order valence-electron chi connectivity index (χ1n) is 7.33. The van der Waals surface area contributed by atoms with Gasteiger partial charge in [-0.25, -0.2) is 4.79 Å². The molecule has 126 valence electrons. The van der Waals surface area contributed by atoms with Crippen molar-refractivity contribution >= 4 is 12.1 Å². The van der Waals surface area contributed by atoms with Crippen LogP contribution in [0.4, 0.5) is 4.79 Å². The third kappa shape index (κ3) is 2.60. The third-order valence-corrected chi connectivity index (χ3v) is 4.33. The Hall–Kier alpha value is -1.56. The molecule has 1 amide bonds. The summed E-state index contributed by atoms with van der Waals surface area (Å²) in [5.41, 5.74) is -2.69. The van der Waals surface area contributed by atoms with Gasteiger partial charge in [0.2, 0.25) is 0 Å². The van der Waals surface area contributed by atoms with Gasteiger partial charge < -0.3 is 14.6 Å². The molecular weight excluding hydrogens is 286 g/mol. The van der Waals surface area contributed by atoms with Gasteiger partial charge >= 0.3 is 12.1 Å². The minimum absolute atomic E-state index is 0.485. The molecule has 0 saturated carbocycles. The molecule has 1 unspecified atom stereocenters. The number of nitrogens with zero attached hydrogens (tertiary/aromatic N) is 1. The predicted molar refractivity (Wildman–Crippen MR) is 82.4 cm³/mol. The molecule has 0 aromatic rings. The Morgan fingerprint density at radius 3 is 2.23 bits per heavy atom. The van der Waals surface area contributed by atoms with E-state index in [0.29, 0.717) is 0 Å². The van der Waals surface area contributed by atoms with Crippen LogP contribution in [0.3, 0.4) is 0 Å². The van der Waals surface area contributed by atoms with Crippen LogP contribution in [0.15, 0.2) is 12.7 Å². The lowest BCUT2D eigenvalue weighted by atomic mass is 9.66. The molecule has 0 radical (unpaired) electrons. The molecule has 6 heteroatoms. The van der Waals surface area contributed by atoms with E-state index in [1.165, 1.54) is 17.9 Å². The molecule has 0 aliphatic carbocycles. The van der Waals surface area contributed by atoms with E-state index in [2.05, 4.69) is 6.58 Å². The summed E-state index contributed by atoms with van der Waals surface area (Å²) in [6, 6.07) is 0. The van der Waals surface area contributed by atoms with Crippen molar-refractivity contribution in [2.24, 2.45) is 5.41 Å². The Bertz CT molecular complexity index is 479. The van der Waals surface area contributed by atoms with E-state index in [4.69, 9.17) is 9.47 Å². The van der Waals surface area contributed by atoms with Gasteiger partial charge in [0.05, 0.1) is 6.10 Å². The molecule has 0 bridgehead atoms. The molecule has 1 heterocycles. The Morgan fingerprint density at radius 1 is 1.41 bits per heavy atom. The zero-order chi connectivity index (χ0) is 17.5. The summed E-state index contributed by atoms with van der Waals surface area (Å²) in [4.78, 5) is 24.8. The van der Waals surface area contributed by atoms with Gasteiger partial charge in [-0.3, -0.25) is 9.69 Å². The normalized spacial score (nSPS) is 29.0. The lowest BCUT2D eigenvalue weighted by Gasteiger charge is -2.52. The van der Waals surface area contributed by atoms with Crippen molar-refractivity contribution in [1.29, 1.82) is 0 Å². The molecular formula is C16H27NO5. The van der Waals surface area contributed by atoms with Gasteiger partial charge in [0, 0.05) is 6.92 Å². The number of esters is 1. The molecule has 6 nitrogen and oxygen atoms in total. The monoisotopic (exact) mass is 313 g/mol. The van der Waals surface area contributed by atoms with Gasteiger partial charge in [0.15, 0.2) is 0 Å². The number of carboxylic acid groups (broad SMARTS) is 1. The van der Waals surface area contributed by atoms with E-state index in [0.717, 1.165) is 0 Å². The molecule has 1 aliphatic heterocycles. The Kier molecular flexibility index (Phi) is 4.68. The quantitative estimate of drug-likeness (QED) is 0.640. The molecule has 1 N–H and O–H groups in total. The van der Waals surface area contributed by atoms with E-state index in [9.17, 15) is 14.7 Å². The van der Waals surface area contributed by atoms with Crippen LogP contribution in [-0.4, -0.2) is 45.5 Å². The van der Waals surface area contributed by atoms with Crippen molar-refractivity contribution in [2.45, 2.75) is 71.9 Å². The molecule has 0 aromatic carbocycles. The first kappa shape index (κ1) is 18.5. The van der Waals surface area contributed by atoms with Crippen molar-refractivity contribution in [3.05, 3.63) is 12.7 Å². The molecule has 0 aromatic heterocycles. The average molecular weight is 313 g/mol. The third-order valence-electron chi connectivity index (χ3n) is 4.33. The first-order valence-corrected chi connectivity index (χ1v) is 7.33. The topological polar surface area (TPSA) is 76.1 Å². The number of rotatable bonds is 3. The summed E-state index contributed by atoms with van der Waals surface area (Å²) >= 11 is 0. The van der Waals surface area contributed by atoms with Crippen molar-refractivity contribution in [3.8, 4) is 0 Å². The highest BCUT2D eigenvalue weighted by atomic mass is 16.6. The highest BCUT2D eigenvalue weighted by Crippen LogP contribution is 2.52. The van der Waals surface area contributed by atoms with Crippen LogP contribution in [0.5, 0.6) is 0 Å². The fraction of sp³-hybridized carbons (Fsp3) is 0.750. The van der Waals surface area contributed by atoms with Crippen LogP contribution >= 0.6 is 0 Å². The van der Waals surface area contributed by atoms with Gasteiger partial charge in [-0.05, 0) is 32.3 Å². The maximum Gasteiger partial charge on any atom is 0.410 e. The summed E-state index contributed by atoms with van der Waals surface area (Å²) < 4.78 is 11.4. The van der Waals surface area contributed by atoms with Crippen molar-refractivity contribution in [2.75, 3.05) is 0 Å². The highest BCUT2D eigenvalue weighted by molar-refractivity contribution is 5.70.